The maximum absolute atomic E-state index is 7.45. The van der Waals surface area contributed by atoms with Crippen molar-refractivity contribution < 1.29 is 4.74 Å². The second-order valence-electron chi connectivity index (χ2n) is 12.0. The van der Waals surface area contributed by atoms with Crippen LogP contribution < -0.4 is 4.74 Å². The van der Waals surface area contributed by atoms with Crippen LogP contribution in [0.15, 0.2) is 148 Å². The second-order valence-corrected chi connectivity index (χ2v) is 14.1. The molecule has 0 bridgehead atoms. The molecule has 1 aliphatic carbocycles. The molecule has 6 aromatic carbocycles. The topological polar surface area (TPSA) is 9.23 Å². The molecule has 1 atom stereocenters. The number of thioether (sulfide) groups is 1. The SMILES string of the molecule is CSc1ccc(C2(c3ccc(Sc4ccccc4)cc3)C=Cc3c4c(c5ccccc5c3O2)-c2ccccc2C4(C)C)cc1. The summed E-state index contributed by atoms with van der Waals surface area (Å²) in [7, 11) is 0. The summed E-state index contributed by atoms with van der Waals surface area (Å²) in [6.07, 6.45) is 6.75. The molecule has 0 spiro atoms. The zero-order valence-electron chi connectivity index (χ0n) is 25.0. The molecule has 0 fully saturated rings. The maximum Gasteiger partial charge on any atom is 0.178 e. The molecule has 8 rings (SSSR count). The van der Waals surface area contributed by atoms with Crippen molar-refractivity contribution in [1.29, 1.82) is 0 Å². The predicted molar refractivity (Wildman–Crippen MR) is 187 cm³/mol. The Bertz CT molecular complexity index is 2060. The minimum atomic E-state index is -0.771. The highest BCUT2D eigenvalue weighted by atomic mass is 32.2. The van der Waals surface area contributed by atoms with Crippen LogP contribution in [0.25, 0.3) is 28.0 Å². The molecule has 0 saturated carbocycles. The minimum Gasteiger partial charge on any atom is -0.472 e. The summed E-state index contributed by atoms with van der Waals surface area (Å²) in [5, 5.41) is 2.40. The van der Waals surface area contributed by atoms with Crippen LogP contribution in [-0.4, -0.2) is 6.26 Å². The Labute approximate surface area is 268 Å². The summed E-state index contributed by atoms with van der Waals surface area (Å²) in [5.74, 6) is 0.958. The average Bonchev–Trinajstić information content (AvgIpc) is 3.32. The van der Waals surface area contributed by atoms with Crippen LogP contribution in [0.5, 0.6) is 5.75 Å². The van der Waals surface area contributed by atoms with E-state index >= 15 is 0 Å². The van der Waals surface area contributed by atoms with Gasteiger partial charge in [-0.3, -0.25) is 0 Å². The maximum atomic E-state index is 7.45. The first kappa shape index (κ1) is 27.4. The summed E-state index contributed by atoms with van der Waals surface area (Å²) in [6, 6.07) is 46.0. The van der Waals surface area contributed by atoms with E-state index in [9.17, 15) is 0 Å². The number of fused-ring (bicyclic) bond motifs is 8. The van der Waals surface area contributed by atoms with E-state index in [0.717, 1.165) is 22.3 Å². The van der Waals surface area contributed by atoms with E-state index in [1.807, 2.05) is 0 Å². The first-order valence-corrected chi connectivity index (χ1v) is 17.1. The van der Waals surface area contributed by atoms with Crippen molar-refractivity contribution in [2.45, 2.75) is 39.5 Å². The molecular weight excluding hydrogens is 573 g/mol. The quantitative estimate of drug-likeness (QED) is 0.181. The second kappa shape index (κ2) is 10.5. The van der Waals surface area contributed by atoms with Crippen molar-refractivity contribution in [2.24, 2.45) is 0 Å². The fourth-order valence-corrected chi connectivity index (χ4v) is 8.36. The lowest BCUT2D eigenvalue weighted by atomic mass is 9.77. The van der Waals surface area contributed by atoms with Gasteiger partial charge in [0.2, 0.25) is 0 Å². The molecule has 3 heteroatoms. The van der Waals surface area contributed by atoms with E-state index in [1.54, 1.807) is 23.5 Å². The summed E-state index contributed by atoms with van der Waals surface area (Å²) < 4.78 is 7.45. The third kappa shape index (κ3) is 4.17. The van der Waals surface area contributed by atoms with E-state index < -0.39 is 5.60 Å². The van der Waals surface area contributed by atoms with E-state index in [-0.39, 0.29) is 5.41 Å². The van der Waals surface area contributed by atoms with Gasteiger partial charge in [-0.05, 0) is 76.4 Å². The van der Waals surface area contributed by atoms with Gasteiger partial charge in [-0.1, -0.05) is 123 Å². The molecule has 1 unspecified atom stereocenters. The molecule has 0 saturated heterocycles. The summed E-state index contributed by atoms with van der Waals surface area (Å²) in [6.45, 7) is 4.71. The third-order valence-corrected chi connectivity index (χ3v) is 11.0. The Morgan fingerprint density at radius 2 is 1.18 bits per heavy atom. The first-order chi connectivity index (χ1) is 21.5. The standard InChI is InChI=1S/C41H32OS2/c1-40(2)36-16-10-9-15-34(36)37-32-13-7-8-14-33(32)39-35(38(37)40)25-26-41(42-39,27-17-21-29(43-3)22-18-27)28-19-23-31(24-20-28)44-30-11-5-4-6-12-30/h4-26H,1-3H3. The predicted octanol–water partition coefficient (Wildman–Crippen LogP) is 11.4. The lowest BCUT2D eigenvalue weighted by Gasteiger charge is -2.38. The number of ether oxygens (including phenoxy) is 1. The van der Waals surface area contributed by atoms with Crippen LogP contribution in [0, 0.1) is 0 Å². The normalized spacial score (nSPS) is 17.5. The van der Waals surface area contributed by atoms with Crippen LogP contribution in [0.1, 0.15) is 41.7 Å². The Balaban J connectivity index is 1.33. The van der Waals surface area contributed by atoms with Gasteiger partial charge in [-0.25, -0.2) is 0 Å². The fourth-order valence-electron chi connectivity index (χ4n) is 7.11. The Morgan fingerprint density at radius 1 is 0.591 bits per heavy atom. The lowest BCUT2D eigenvalue weighted by molar-refractivity contribution is 0.163. The van der Waals surface area contributed by atoms with Gasteiger partial charge in [0.1, 0.15) is 5.75 Å². The molecule has 0 radical (unpaired) electrons. The highest BCUT2D eigenvalue weighted by Crippen LogP contribution is 2.58. The zero-order valence-corrected chi connectivity index (χ0v) is 26.6. The molecule has 0 amide bonds. The number of benzene rings is 6. The van der Waals surface area contributed by atoms with Gasteiger partial charge < -0.3 is 4.74 Å². The molecule has 214 valence electrons. The highest BCUT2D eigenvalue weighted by Gasteiger charge is 2.44. The van der Waals surface area contributed by atoms with Crippen LogP contribution in [0.2, 0.25) is 0 Å². The highest BCUT2D eigenvalue weighted by molar-refractivity contribution is 7.99. The monoisotopic (exact) mass is 604 g/mol. The Kier molecular flexibility index (Phi) is 6.51. The zero-order chi connectivity index (χ0) is 29.9. The molecule has 0 N–H and O–H groups in total. The summed E-state index contributed by atoms with van der Waals surface area (Å²) in [4.78, 5) is 3.67. The van der Waals surface area contributed by atoms with Gasteiger partial charge in [0.25, 0.3) is 0 Å². The molecule has 1 aliphatic heterocycles. The van der Waals surface area contributed by atoms with Crippen molar-refractivity contribution in [2.75, 3.05) is 6.26 Å². The van der Waals surface area contributed by atoms with Gasteiger partial charge in [-0.2, -0.15) is 0 Å². The van der Waals surface area contributed by atoms with Crippen molar-refractivity contribution >= 4 is 40.4 Å². The molecule has 2 aliphatic rings. The summed E-state index contributed by atoms with van der Waals surface area (Å²) >= 11 is 3.54. The lowest BCUT2D eigenvalue weighted by Crippen LogP contribution is -2.35. The van der Waals surface area contributed by atoms with Crippen molar-refractivity contribution in [3.8, 4) is 16.9 Å². The van der Waals surface area contributed by atoms with Gasteiger partial charge in [0.15, 0.2) is 5.60 Å². The largest absolute Gasteiger partial charge is 0.472 e. The van der Waals surface area contributed by atoms with Gasteiger partial charge in [0.05, 0.1) is 0 Å². The molecule has 1 nitrogen and oxygen atoms in total. The van der Waals surface area contributed by atoms with E-state index in [0.29, 0.717) is 0 Å². The number of hydrogen-bond donors (Lipinski definition) is 0. The van der Waals surface area contributed by atoms with Crippen LogP contribution in [0.3, 0.4) is 0 Å². The fraction of sp³-hybridized carbons (Fsp3) is 0.122. The smallest absolute Gasteiger partial charge is 0.178 e. The van der Waals surface area contributed by atoms with Gasteiger partial charge >= 0.3 is 0 Å². The van der Waals surface area contributed by atoms with Crippen LogP contribution >= 0.6 is 23.5 Å². The van der Waals surface area contributed by atoms with E-state index in [4.69, 9.17) is 4.74 Å². The Hall–Kier alpha value is -4.18. The molecule has 1 heterocycles. The van der Waals surface area contributed by atoms with Crippen LogP contribution in [-0.2, 0) is 11.0 Å². The van der Waals surface area contributed by atoms with Crippen molar-refractivity contribution in [3.05, 3.63) is 161 Å². The van der Waals surface area contributed by atoms with Crippen LogP contribution in [0.4, 0.5) is 0 Å². The molecule has 44 heavy (non-hydrogen) atoms. The first-order valence-electron chi connectivity index (χ1n) is 15.0. The molecular formula is C41H32OS2. The van der Waals surface area contributed by atoms with E-state index in [1.165, 1.54) is 47.9 Å². The van der Waals surface area contributed by atoms with Crippen molar-refractivity contribution in [3.63, 3.8) is 0 Å². The number of hydrogen-bond acceptors (Lipinski definition) is 3. The van der Waals surface area contributed by atoms with Gasteiger partial charge in [-0.15, -0.1) is 11.8 Å². The van der Waals surface area contributed by atoms with Gasteiger partial charge in [0, 0.05) is 42.2 Å². The molecule has 6 aromatic rings. The van der Waals surface area contributed by atoms with Crippen molar-refractivity contribution in [1.82, 2.24) is 0 Å². The molecule has 0 aromatic heterocycles. The third-order valence-electron chi connectivity index (χ3n) is 9.23. The van der Waals surface area contributed by atoms with E-state index in [2.05, 4.69) is 160 Å². The number of rotatable bonds is 5. The Morgan fingerprint density at radius 3 is 1.89 bits per heavy atom. The average molecular weight is 605 g/mol. The summed E-state index contributed by atoms with van der Waals surface area (Å²) in [5.41, 5.74) is 7.89. The minimum absolute atomic E-state index is 0.149.